The van der Waals surface area contributed by atoms with Gasteiger partial charge < -0.3 is 14.4 Å². The summed E-state index contributed by atoms with van der Waals surface area (Å²) in [6, 6.07) is 24.3. The summed E-state index contributed by atoms with van der Waals surface area (Å²) < 4.78 is 40.6. The van der Waals surface area contributed by atoms with Gasteiger partial charge in [0.1, 0.15) is 6.61 Å². The van der Waals surface area contributed by atoms with E-state index in [9.17, 15) is 18.0 Å². The van der Waals surface area contributed by atoms with Gasteiger partial charge in [0.25, 0.3) is 5.91 Å². The topological polar surface area (TPSA) is 102 Å². The molecule has 2 aliphatic rings. The number of carbonyl (C=O) groups is 2. The first-order valence-corrected chi connectivity index (χ1v) is 18.6. The molecule has 2 fully saturated rings. The summed E-state index contributed by atoms with van der Waals surface area (Å²) in [4.78, 5) is 27.3. The number of piperidine rings is 1. The quantitative estimate of drug-likeness (QED) is 0.217. The third-order valence-corrected chi connectivity index (χ3v) is 11.0. The SMILES string of the molecule is C=C(C)[C@H]1C[C@H](c2cccc(Cl)c2)[C@H](C(C)C)O[C@@H]1c1ccc(C(=O)NS(=O)(=O)C[C@H]2CCCN(C(=O)OCc3ccccc3)C2)cc1. The summed E-state index contributed by atoms with van der Waals surface area (Å²) in [5.74, 6) is -0.849. The number of carbonyl (C=O) groups excluding carboxylic acids is 2. The van der Waals surface area contributed by atoms with Crippen LogP contribution in [0.15, 0.2) is 91.0 Å². The van der Waals surface area contributed by atoms with Crippen molar-refractivity contribution in [2.45, 2.75) is 64.8 Å². The molecule has 2 aliphatic heterocycles. The molecule has 2 saturated heterocycles. The number of benzene rings is 3. The van der Waals surface area contributed by atoms with E-state index in [2.05, 4.69) is 31.2 Å². The maximum Gasteiger partial charge on any atom is 0.410 e. The molecule has 48 heavy (non-hydrogen) atoms. The fraction of sp³-hybridized carbons (Fsp3) is 0.421. The number of hydrogen-bond donors (Lipinski definition) is 1. The van der Waals surface area contributed by atoms with Crippen LogP contribution in [0.2, 0.25) is 5.02 Å². The van der Waals surface area contributed by atoms with Gasteiger partial charge in [0.05, 0.1) is 18.0 Å². The van der Waals surface area contributed by atoms with Gasteiger partial charge in [0.15, 0.2) is 0 Å². The Morgan fingerprint density at radius 2 is 1.77 bits per heavy atom. The summed E-state index contributed by atoms with van der Waals surface area (Å²) in [6.07, 6.45) is 1.33. The van der Waals surface area contributed by atoms with E-state index < -0.39 is 22.0 Å². The van der Waals surface area contributed by atoms with Gasteiger partial charge in [0, 0.05) is 35.5 Å². The van der Waals surface area contributed by atoms with Crippen LogP contribution < -0.4 is 4.72 Å². The molecule has 3 aromatic rings. The van der Waals surface area contributed by atoms with Crippen LogP contribution >= 0.6 is 11.6 Å². The lowest BCUT2D eigenvalue weighted by molar-refractivity contribution is -0.108. The molecule has 5 rings (SSSR count). The van der Waals surface area contributed by atoms with Crippen LogP contribution in [-0.2, 0) is 26.1 Å². The van der Waals surface area contributed by atoms with Crippen LogP contribution in [-0.4, -0.2) is 50.3 Å². The van der Waals surface area contributed by atoms with Gasteiger partial charge in [-0.15, -0.1) is 0 Å². The van der Waals surface area contributed by atoms with Crippen molar-refractivity contribution < 1.29 is 27.5 Å². The molecule has 0 unspecified atom stereocenters. The minimum atomic E-state index is -3.96. The molecule has 0 bridgehead atoms. The zero-order chi connectivity index (χ0) is 34.4. The van der Waals surface area contributed by atoms with Crippen LogP contribution in [0.5, 0.6) is 0 Å². The third-order valence-electron chi connectivity index (χ3n) is 9.33. The van der Waals surface area contributed by atoms with Gasteiger partial charge in [0.2, 0.25) is 10.0 Å². The molecule has 0 spiro atoms. The van der Waals surface area contributed by atoms with E-state index in [1.54, 1.807) is 17.0 Å². The van der Waals surface area contributed by atoms with Crippen molar-refractivity contribution in [2.24, 2.45) is 17.8 Å². The van der Waals surface area contributed by atoms with Crippen molar-refractivity contribution in [3.8, 4) is 0 Å². The van der Waals surface area contributed by atoms with Crippen LogP contribution in [0.4, 0.5) is 4.79 Å². The number of halogens is 1. The highest BCUT2D eigenvalue weighted by atomic mass is 35.5. The number of amides is 2. The van der Waals surface area contributed by atoms with Crippen molar-refractivity contribution in [1.29, 1.82) is 0 Å². The lowest BCUT2D eigenvalue weighted by atomic mass is 9.73. The number of ether oxygens (including phenoxy) is 2. The van der Waals surface area contributed by atoms with E-state index >= 15 is 0 Å². The molecule has 256 valence electrons. The molecule has 0 aromatic heterocycles. The molecular formula is C38H45ClN2O6S. The Morgan fingerprint density at radius 3 is 2.44 bits per heavy atom. The van der Waals surface area contributed by atoms with Gasteiger partial charge in [-0.05, 0) is 79.0 Å². The Bertz CT molecular complexity index is 1700. The normalized spacial score (nSPS) is 23.0. The van der Waals surface area contributed by atoms with Crippen molar-refractivity contribution >= 4 is 33.6 Å². The number of nitrogens with zero attached hydrogens (tertiary/aromatic N) is 1. The Balaban J connectivity index is 1.20. The molecule has 0 radical (unpaired) electrons. The number of rotatable bonds is 10. The zero-order valence-corrected chi connectivity index (χ0v) is 29.4. The number of sulfonamides is 1. The fourth-order valence-electron chi connectivity index (χ4n) is 6.90. The molecule has 8 nitrogen and oxygen atoms in total. The van der Waals surface area contributed by atoms with Crippen molar-refractivity contribution in [3.63, 3.8) is 0 Å². The number of likely N-dealkylation sites (tertiary alicyclic amines) is 1. The van der Waals surface area contributed by atoms with Crippen LogP contribution in [0.1, 0.15) is 79.1 Å². The summed E-state index contributed by atoms with van der Waals surface area (Å²) in [7, 11) is -3.96. The Morgan fingerprint density at radius 1 is 1.04 bits per heavy atom. The maximum atomic E-state index is 13.1. The predicted octanol–water partition coefficient (Wildman–Crippen LogP) is 7.91. The van der Waals surface area contributed by atoms with E-state index in [1.165, 1.54) is 0 Å². The summed E-state index contributed by atoms with van der Waals surface area (Å²) in [5, 5.41) is 0.694. The first kappa shape index (κ1) is 35.6. The molecule has 2 heterocycles. The molecule has 0 saturated carbocycles. The van der Waals surface area contributed by atoms with Gasteiger partial charge >= 0.3 is 6.09 Å². The molecule has 10 heteroatoms. The fourth-order valence-corrected chi connectivity index (χ4v) is 8.47. The maximum absolute atomic E-state index is 13.1. The zero-order valence-electron chi connectivity index (χ0n) is 27.8. The van der Waals surface area contributed by atoms with E-state index in [0.29, 0.717) is 24.4 Å². The minimum absolute atomic E-state index is 0.0368. The van der Waals surface area contributed by atoms with E-state index in [4.69, 9.17) is 21.1 Å². The van der Waals surface area contributed by atoms with E-state index in [0.717, 1.165) is 28.7 Å². The highest BCUT2D eigenvalue weighted by molar-refractivity contribution is 7.90. The van der Waals surface area contributed by atoms with E-state index in [1.807, 2.05) is 67.6 Å². The summed E-state index contributed by atoms with van der Waals surface area (Å²) >= 11 is 6.34. The first-order valence-electron chi connectivity index (χ1n) is 16.6. The average molecular weight is 693 g/mol. The lowest BCUT2D eigenvalue weighted by Gasteiger charge is -2.44. The highest BCUT2D eigenvalue weighted by Crippen LogP contribution is 2.48. The summed E-state index contributed by atoms with van der Waals surface area (Å²) in [6.45, 7) is 11.5. The van der Waals surface area contributed by atoms with Crippen molar-refractivity contribution in [2.75, 3.05) is 18.8 Å². The van der Waals surface area contributed by atoms with Gasteiger partial charge in [-0.1, -0.05) is 92.2 Å². The minimum Gasteiger partial charge on any atom is -0.445 e. The second-order valence-electron chi connectivity index (χ2n) is 13.4. The number of nitrogens with one attached hydrogen (secondary N) is 1. The predicted molar refractivity (Wildman–Crippen MR) is 188 cm³/mol. The summed E-state index contributed by atoms with van der Waals surface area (Å²) in [5.41, 5.74) is 4.16. The molecule has 2 amide bonds. The largest absolute Gasteiger partial charge is 0.445 e. The van der Waals surface area contributed by atoms with E-state index in [-0.39, 0.29) is 60.3 Å². The second-order valence-corrected chi connectivity index (χ2v) is 15.6. The molecule has 5 atom stereocenters. The van der Waals surface area contributed by atoms with Crippen LogP contribution in [0.25, 0.3) is 0 Å². The molecular weight excluding hydrogens is 648 g/mol. The monoisotopic (exact) mass is 692 g/mol. The van der Waals surface area contributed by atoms with Gasteiger partial charge in [-0.25, -0.2) is 17.9 Å². The highest BCUT2D eigenvalue weighted by Gasteiger charge is 2.41. The smallest absolute Gasteiger partial charge is 0.410 e. The first-order chi connectivity index (χ1) is 22.9. The molecule has 0 aliphatic carbocycles. The Kier molecular flexibility index (Phi) is 11.7. The standard InChI is InChI=1S/C38H45ClN2O6S/c1-25(2)33-21-34(31-13-8-14-32(39)20-31)35(26(3)4)47-36(33)29-15-17-30(18-16-29)37(42)40-48(44,45)24-28-12-9-19-41(22-28)38(43)46-23-27-10-6-5-7-11-27/h5-8,10-11,13-18,20,26,28,33-36H,1,9,12,19,21-24H2,2-4H3,(H,40,42)/t28-,33+,34+,35-,36+/m0/s1. The Hall–Kier alpha value is -3.66. The van der Waals surface area contributed by atoms with Gasteiger partial charge in [-0.2, -0.15) is 0 Å². The third kappa shape index (κ3) is 9.07. The van der Waals surface area contributed by atoms with Crippen molar-refractivity contribution in [1.82, 2.24) is 9.62 Å². The average Bonchev–Trinajstić information content (AvgIpc) is 3.06. The molecule has 3 aromatic carbocycles. The second kappa shape index (κ2) is 15.7. The van der Waals surface area contributed by atoms with Crippen LogP contribution in [0.3, 0.4) is 0 Å². The van der Waals surface area contributed by atoms with Gasteiger partial charge in [-0.3, -0.25) is 4.79 Å². The lowest BCUT2D eigenvalue weighted by Crippen LogP contribution is -2.44. The molecule has 1 N–H and O–H groups in total. The Labute approximate surface area is 289 Å². The van der Waals surface area contributed by atoms with Crippen LogP contribution in [0, 0.1) is 17.8 Å². The number of hydrogen-bond acceptors (Lipinski definition) is 6. The van der Waals surface area contributed by atoms with Crippen molar-refractivity contribution in [3.05, 3.63) is 118 Å².